The molecule has 1 atom stereocenters. The fourth-order valence-corrected chi connectivity index (χ4v) is 3.86. The summed E-state index contributed by atoms with van der Waals surface area (Å²) in [6.45, 7) is 5.55. The number of amides is 2. The van der Waals surface area contributed by atoms with Crippen LogP contribution in [0.15, 0.2) is 36.4 Å². The highest BCUT2D eigenvalue weighted by Crippen LogP contribution is 2.22. The third kappa shape index (κ3) is 5.96. The second-order valence-electron chi connectivity index (χ2n) is 7.87. The molecule has 6 nitrogen and oxygen atoms in total. The van der Waals surface area contributed by atoms with Crippen molar-refractivity contribution in [1.82, 2.24) is 20.8 Å². The predicted molar refractivity (Wildman–Crippen MR) is 122 cm³/mol. The zero-order valence-corrected chi connectivity index (χ0v) is 19.3. The Balaban J connectivity index is 1.54. The van der Waals surface area contributed by atoms with Crippen molar-refractivity contribution in [3.63, 3.8) is 0 Å². The number of nitrogens with one attached hydrogen (secondary N) is 3. The molecule has 33 heavy (non-hydrogen) atoms. The Hall–Kier alpha value is -3.26. The molecule has 0 fully saturated rings. The Labute approximate surface area is 195 Å². The van der Waals surface area contributed by atoms with Gasteiger partial charge < -0.3 is 10.6 Å². The number of nitrogens with zero attached hydrogens (tertiary/aromatic N) is 1. The molecule has 3 aromatic rings. The number of halogens is 3. The summed E-state index contributed by atoms with van der Waals surface area (Å²) in [5.74, 6) is -2.14. The lowest BCUT2D eigenvalue weighted by Crippen LogP contribution is -2.28. The SMILES string of the molecule is Cc1n[nH]c(C)c1C(C)C(=O)NCc1ccc(CNC(=O)Cc2c(F)cccc2Cl)cc1F. The second kappa shape index (κ2) is 10.6. The third-order valence-corrected chi connectivity index (χ3v) is 5.82. The van der Waals surface area contributed by atoms with Gasteiger partial charge in [0.2, 0.25) is 11.8 Å². The minimum Gasteiger partial charge on any atom is -0.352 e. The molecule has 3 N–H and O–H groups in total. The fraction of sp³-hybridized carbons (Fsp3) is 0.292. The van der Waals surface area contributed by atoms with Crippen molar-refractivity contribution < 1.29 is 18.4 Å². The molecule has 0 aliphatic carbocycles. The molecule has 1 aromatic heterocycles. The van der Waals surface area contributed by atoms with Crippen LogP contribution in [0.2, 0.25) is 5.02 Å². The maximum Gasteiger partial charge on any atom is 0.227 e. The number of hydrogen-bond acceptors (Lipinski definition) is 3. The van der Waals surface area contributed by atoms with Crippen LogP contribution in [0.1, 0.15) is 46.5 Å². The highest BCUT2D eigenvalue weighted by atomic mass is 35.5. The Morgan fingerprint density at radius 1 is 1.09 bits per heavy atom. The number of carbonyl (C=O) groups excluding carboxylic acids is 2. The number of rotatable bonds is 8. The van der Waals surface area contributed by atoms with Gasteiger partial charge in [0.25, 0.3) is 0 Å². The van der Waals surface area contributed by atoms with E-state index in [4.69, 9.17) is 11.6 Å². The molecule has 2 aromatic carbocycles. The molecular weight excluding hydrogens is 450 g/mol. The van der Waals surface area contributed by atoms with Crippen LogP contribution in [0.3, 0.4) is 0 Å². The summed E-state index contributed by atoms with van der Waals surface area (Å²) in [5.41, 5.74) is 3.38. The molecule has 1 unspecified atom stereocenters. The zero-order chi connectivity index (χ0) is 24.1. The van der Waals surface area contributed by atoms with E-state index in [1.807, 2.05) is 13.8 Å². The number of carbonyl (C=O) groups is 2. The van der Waals surface area contributed by atoms with Gasteiger partial charge in [0.05, 0.1) is 18.0 Å². The van der Waals surface area contributed by atoms with Gasteiger partial charge in [-0.05, 0) is 44.5 Å². The van der Waals surface area contributed by atoms with Crippen LogP contribution in [0.5, 0.6) is 0 Å². The molecule has 0 bridgehead atoms. The molecule has 1 heterocycles. The van der Waals surface area contributed by atoms with Crippen molar-refractivity contribution >= 4 is 23.4 Å². The minimum absolute atomic E-state index is 0.0311. The molecule has 3 rings (SSSR count). The van der Waals surface area contributed by atoms with Crippen LogP contribution in [-0.4, -0.2) is 22.0 Å². The van der Waals surface area contributed by atoms with Gasteiger partial charge in [-0.15, -0.1) is 0 Å². The largest absolute Gasteiger partial charge is 0.352 e. The number of hydrogen-bond donors (Lipinski definition) is 3. The van der Waals surface area contributed by atoms with E-state index in [-0.39, 0.29) is 36.0 Å². The lowest BCUT2D eigenvalue weighted by atomic mass is 9.98. The van der Waals surface area contributed by atoms with Gasteiger partial charge in [-0.25, -0.2) is 8.78 Å². The van der Waals surface area contributed by atoms with Crippen molar-refractivity contribution in [2.45, 2.75) is 46.2 Å². The first-order valence-electron chi connectivity index (χ1n) is 10.4. The Bertz CT molecular complexity index is 1140. The van der Waals surface area contributed by atoms with Crippen LogP contribution in [-0.2, 0) is 29.1 Å². The molecular formula is C24H25ClF2N4O2. The highest BCUT2D eigenvalue weighted by Gasteiger charge is 2.21. The summed E-state index contributed by atoms with van der Waals surface area (Å²) in [7, 11) is 0. The first kappa shape index (κ1) is 24.4. The number of aromatic nitrogens is 2. The first-order chi connectivity index (χ1) is 15.7. The van der Waals surface area contributed by atoms with Gasteiger partial charge in [0.1, 0.15) is 11.6 Å². The van der Waals surface area contributed by atoms with Gasteiger partial charge in [0, 0.05) is 40.5 Å². The van der Waals surface area contributed by atoms with Gasteiger partial charge in [-0.3, -0.25) is 14.7 Å². The predicted octanol–water partition coefficient (Wildman–Crippen LogP) is 4.24. The normalized spacial score (nSPS) is 11.8. The van der Waals surface area contributed by atoms with Gasteiger partial charge in [-0.2, -0.15) is 5.10 Å². The second-order valence-corrected chi connectivity index (χ2v) is 8.27. The van der Waals surface area contributed by atoms with Crippen molar-refractivity contribution in [2.24, 2.45) is 0 Å². The number of benzene rings is 2. The molecule has 9 heteroatoms. The standard InChI is InChI=1S/C24H25ClF2N4O2/c1-13(23-14(2)30-31-15(23)3)24(33)29-12-17-8-7-16(9-21(17)27)11-28-22(32)10-18-19(25)5-4-6-20(18)26/h4-9,13H,10-12H2,1-3H3,(H,28,32)(H,29,33)(H,30,31). The van der Waals surface area contributed by atoms with Crippen molar-refractivity contribution in [2.75, 3.05) is 0 Å². The lowest BCUT2D eigenvalue weighted by molar-refractivity contribution is -0.122. The fourth-order valence-electron chi connectivity index (χ4n) is 3.63. The van der Waals surface area contributed by atoms with Crippen LogP contribution < -0.4 is 10.6 Å². The quantitative estimate of drug-likeness (QED) is 0.456. The number of aryl methyl sites for hydroxylation is 2. The van der Waals surface area contributed by atoms with E-state index in [0.29, 0.717) is 11.1 Å². The highest BCUT2D eigenvalue weighted by molar-refractivity contribution is 6.31. The van der Waals surface area contributed by atoms with Crippen LogP contribution in [0, 0.1) is 25.5 Å². The van der Waals surface area contributed by atoms with E-state index >= 15 is 0 Å². The maximum atomic E-state index is 14.5. The molecule has 174 valence electrons. The van der Waals surface area contributed by atoms with Crippen molar-refractivity contribution in [3.05, 3.63) is 86.7 Å². The monoisotopic (exact) mass is 474 g/mol. The molecule has 0 radical (unpaired) electrons. The topological polar surface area (TPSA) is 86.9 Å². The first-order valence-corrected chi connectivity index (χ1v) is 10.8. The maximum absolute atomic E-state index is 14.5. The van der Waals surface area contributed by atoms with Crippen LogP contribution in [0.25, 0.3) is 0 Å². The number of H-pyrrole nitrogens is 1. The van der Waals surface area contributed by atoms with Gasteiger partial charge >= 0.3 is 0 Å². The number of aromatic amines is 1. The molecule has 0 saturated carbocycles. The summed E-state index contributed by atoms with van der Waals surface area (Å²) < 4.78 is 28.4. The van der Waals surface area contributed by atoms with Crippen molar-refractivity contribution in [1.29, 1.82) is 0 Å². The van der Waals surface area contributed by atoms with E-state index < -0.39 is 23.5 Å². The molecule has 0 saturated heterocycles. The van der Waals surface area contributed by atoms with Gasteiger partial charge in [-0.1, -0.05) is 29.8 Å². The Morgan fingerprint density at radius 2 is 1.85 bits per heavy atom. The van der Waals surface area contributed by atoms with E-state index in [1.54, 1.807) is 19.1 Å². The Morgan fingerprint density at radius 3 is 2.48 bits per heavy atom. The summed E-state index contributed by atoms with van der Waals surface area (Å²) in [4.78, 5) is 24.7. The summed E-state index contributed by atoms with van der Waals surface area (Å²) in [6, 6.07) is 8.73. The van der Waals surface area contributed by atoms with E-state index in [1.165, 1.54) is 24.3 Å². The zero-order valence-electron chi connectivity index (χ0n) is 18.6. The van der Waals surface area contributed by atoms with Crippen LogP contribution >= 0.6 is 11.6 Å². The van der Waals surface area contributed by atoms with E-state index in [9.17, 15) is 18.4 Å². The summed E-state index contributed by atoms with van der Waals surface area (Å²) in [5, 5.41) is 12.5. The molecule has 0 spiro atoms. The van der Waals surface area contributed by atoms with E-state index in [0.717, 1.165) is 17.0 Å². The summed E-state index contributed by atoms with van der Waals surface area (Å²) >= 11 is 5.94. The smallest absolute Gasteiger partial charge is 0.227 e. The van der Waals surface area contributed by atoms with Gasteiger partial charge in [0.15, 0.2) is 0 Å². The Kier molecular flexibility index (Phi) is 7.81. The molecule has 0 aliphatic heterocycles. The third-order valence-electron chi connectivity index (χ3n) is 5.47. The van der Waals surface area contributed by atoms with Crippen LogP contribution in [0.4, 0.5) is 8.78 Å². The minimum atomic E-state index is -0.553. The lowest BCUT2D eigenvalue weighted by Gasteiger charge is -2.14. The summed E-state index contributed by atoms with van der Waals surface area (Å²) in [6.07, 6.45) is -0.216. The molecule has 0 aliphatic rings. The average molecular weight is 475 g/mol. The van der Waals surface area contributed by atoms with E-state index in [2.05, 4.69) is 20.8 Å². The van der Waals surface area contributed by atoms with Crippen molar-refractivity contribution in [3.8, 4) is 0 Å². The molecule has 2 amide bonds. The average Bonchev–Trinajstić information content (AvgIpc) is 3.11.